The van der Waals surface area contributed by atoms with Gasteiger partial charge in [0, 0.05) is 30.7 Å². The summed E-state index contributed by atoms with van der Waals surface area (Å²) in [7, 11) is 0. The van der Waals surface area contributed by atoms with Gasteiger partial charge in [0.1, 0.15) is 5.82 Å². The molecule has 0 saturated carbocycles. The Kier molecular flexibility index (Phi) is 1.68. The molecule has 3 rings (SSSR count). The van der Waals surface area contributed by atoms with Crippen LogP contribution in [0, 0.1) is 0 Å². The molecule has 0 atom stereocenters. The van der Waals surface area contributed by atoms with Gasteiger partial charge in [0.25, 0.3) is 0 Å². The summed E-state index contributed by atoms with van der Waals surface area (Å²) in [4.78, 5) is 4.38. The summed E-state index contributed by atoms with van der Waals surface area (Å²) in [5.41, 5.74) is 3.96. The zero-order valence-corrected chi connectivity index (χ0v) is 7.91. The number of nitrogens with one attached hydrogen (secondary N) is 1. The third-order valence-corrected chi connectivity index (χ3v) is 2.11. The van der Waals surface area contributed by atoms with Crippen LogP contribution in [0.1, 0.15) is 0 Å². The van der Waals surface area contributed by atoms with E-state index in [1.807, 2.05) is 47.5 Å². The Morgan fingerprint density at radius 1 is 1.07 bits per heavy atom. The van der Waals surface area contributed by atoms with Gasteiger partial charge >= 0.3 is 0 Å². The highest BCUT2D eigenvalue weighted by Gasteiger charge is 1.97. The molecular weight excluding hydrogens is 190 g/mol. The molecule has 3 heterocycles. The monoisotopic (exact) mass is 199 g/mol. The van der Waals surface area contributed by atoms with Gasteiger partial charge in [0.05, 0.1) is 6.20 Å². The van der Waals surface area contributed by atoms with E-state index in [0.29, 0.717) is 0 Å². The van der Waals surface area contributed by atoms with E-state index in [0.717, 1.165) is 11.5 Å². The lowest BCUT2D eigenvalue weighted by molar-refractivity contribution is 0.915. The van der Waals surface area contributed by atoms with Gasteiger partial charge in [-0.1, -0.05) is 0 Å². The first kappa shape index (κ1) is 8.05. The van der Waals surface area contributed by atoms with E-state index in [1.54, 1.807) is 10.7 Å². The lowest BCUT2D eigenvalue weighted by atomic mass is 10.5. The molecule has 0 aliphatic carbocycles. The van der Waals surface area contributed by atoms with Crippen molar-refractivity contribution in [3.63, 3.8) is 0 Å². The summed E-state index contributed by atoms with van der Waals surface area (Å²) in [6, 6.07) is 7.63. The van der Waals surface area contributed by atoms with Gasteiger partial charge in [0.2, 0.25) is 0 Å². The maximum Gasteiger partial charge on any atom is 0.157 e. The van der Waals surface area contributed by atoms with Crippen LogP contribution in [-0.2, 0) is 0 Å². The van der Waals surface area contributed by atoms with E-state index in [-0.39, 0.29) is 0 Å². The van der Waals surface area contributed by atoms with Crippen LogP contribution >= 0.6 is 0 Å². The molecule has 0 spiro atoms. The maximum absolute atomic E-state index is 4.38. The Bertz CT molecular complexity index is 566. The van der Waals surface area contributed by atoms with Gasteiger partial charge in [-0.25, -0.2) is 9.50 Å². The van der Waals surface area contributed by atoms with Gasteiger partial charge in [-0.3, -0.25) is 10.1 Å². The summed E-state index contributed by atoms with van der Waals surface area (Å²) < 4.78 is 3.57. The summed E-state index contributed by atoms with van der Waals surface area (Å²) >= 11 is 0. The van der Waals surface area contributed by atoms with Crippen LogP contribution in [0.15, 0.2) is 49.1 Å². The highest BCUT2D eigenvalue weighted by Crippen LogP contribution is 2.06. The summed E-state index contributed by atoms with van der Waals surface area (Å²) in [6.45, 7) is 0. The first-order valence-electron chi connectivity index (χ1n) is 4.62. The quantitative estimate of drug-likeness (QED) is 0.678. The van der Waals surface area contributed by atoms with Crippen LogP contribution in [0.3, 0.4) is 0 Å². The zero-order chi connectivity index (χ0) is 10.1. The Balaban J connectivity index is 1.97. The first-order valence-corrected chi connectivity index (χ1v) is 4.62. The van der Waals surface area contributed by atoms with Gasteiger partial charge in [0.15, 0.2) is 5.65 Å². The molecule has 0 unspecified atom stereocenters. The predicted octanol–water partition coefficient (Wildman–Crippen LogP) is 1.41. The van der Waals surface area contributed by atoms with Crippen molar-refractivity contribution in [2.45, 2.75) is 0 Å². The van der Waals surface area contributed by atoms with Crippen molar-refractivity contribution in [3.05, 3.63) is 49.1 Å². The predicted molar refractivity (Wildman–Crippen MR) is 56.4 cm³/mol. The Morgan fingerprint density at radius 3 is 2.80 bits per heavy atom. The zero-order valence-electron chi connectivity index (χ0n) is 7.91. The minimum absolute atomic E-state index is 0.791. The number of hydrogen-bond acceptors (Lipinski definition) is 3. The standard InChI is InChI=1S/C10H9N5/c1-2-7-14(6-1)13-9-4-8-15-10(12-9)3-5-11-15/h1-8H,(H,12,13). The second-order valence-corrected chi connectivity index (χ2v) is 3.15. The van der Waals surface area contributed by atoms with Gasteiger partial charge < -0.3 is 0 Å². The lowest BCUT2D eigenvalue weighted by Crippen LogP contribution is -2.07. The molecule has 0 aliphatic heterocycles. The minimum atomic E-state index is 0.791. The van der Waals surface area contributed by atoms with Gasteiger partial charge in [-0.05, 0) is 12.1 Å². The SMILES string of the molecule is c1ccn(Nc2ccn3nccc3n2)c1. The topological polar surface area (TPSA) is 47.2 Å². The second kappa shape index (κ2) is 3.13. The molecule has 3 aromatic heterocycles. The van der Waals surface area contributed by atoms with E-state index < -0.39 is 0 Å². The van der Waals surface area contributed by atoms with E-state index in [9.17, 15) is 0 Å². The second-order valence-electron chi connectivity index (χ2n) is 3.15. The van der Waals surface area contributed by atoms with Crippen molar-refractivity contribution < 1.29 is 0 Å². The van der Waals surface area contributed by atoms with Crippen molar-refractivity contribution in [3.8, 4) is 0 Å². The number of nitrogens with zero attached hydrogens (tertiary/aromatic N) is 4. The maximum atomic E-state index is 4.38. The number of anilines is 1. The number of aromatic nitrogens is 4. The van der Waals surface area contributed by atoms with E-state index in [2.05, 4.69) is 15.5 Å². The summed E-state index contributed by atoms with van der Waals surface area (Å²) in [5, 5.41) is 4.08. The van der Waals surface area contributed by atoms with Gasteiger partial charge in [-0.2, -0.15) is 5.10 Å². The highest BCUT2D eigenvalue weighted by atomic mass is 15.4. The van der Waals surface area contributed by atoms with Crippen molar-refractivity contribution in [2.24, 2.45) is 0 Å². The highest BCUT2D eigenvalue weighted by molar-refractivity contribution is 5.45. The van der Waals surface area contributed by atoms with Crippen LogP contribution in [0.4, 0.5) is 5.82 Å². The molecule has 0 amide bonds. The van der Waals surface area contributed by atoms with Crippen molar-refractivity contribution in [1.29, 1.82) is 0 Å². The average molecular weight is 199 g/mol. The van der Waals surface area contributed by atoms with E-state index in [1.165, 1.54) is 0 Å². The van der Waals surface area contributed by atoms with Crippen LogP contribution in [0.25, 0.3) is 5.65 Å². The first-order chi connectivity index (χ1) is 7.42. The molecule has 1 N–H and O–H groups in total. The Morgan fingerprint density at radius 2 is 1.93 bits per heavy atom. The van der Waals surface area contributed by atoms with Gasteiger partial charge in [-0.15, -0.1) is 0 Å². The molecule has 74 valence electrons. The Hall–Kier alpha value is -2.30. The third-order valence-electron chi connectivity index (χ3n) is 2.11. The number of rotatable bonds is 2. The fourth-order valence-electron chi connectivity index (χ4n) is 1.42. The molecular formula is C10H9N5. The number of hydrogen-bond donors (Lipinski definition) is 1. The number of fused-ring (bicyclic) bond motifs is 1. The van der Waals surface area contributed by atoms with Crippen molar-refractivity contribution in [1.82, 2.24) is 19.3 Å². The molecule has 0 saturated heterocycles. The largest absolute Gasteiger partial charge is 0.278 e. The minimum Gasteiger partial charge on any atom is -0.278 e. The Labute approximate surface area is 86.0 Å². The van der Waals surface area contributed by atoms with Crippen LogP contribution in [0.2, 0.25) is 0 Å². The lowest BCUT2D eigenvalue weighted by Gasteiger charge is -2.05. The van der Waals surface area contributed by atoms with Crippen LogP contribution in [-0.4, -0.2) is 19.3 Å². The van der Waals surface area contributed by atoms with Crippen LogP contribution < -0.4 is 5.43 Å². The summed E-state index contributed by atoms with van der Waals surface area (Å²) in [5.74, 6) is 0.791. The smallest absolute Gasteiger partial charge is 0.157 e. The normalized spacial score (nSPS) is 10.7. The molecule has 5 heteroatoms. The van der Waals surface area contributed by atoms with Crippen molar-refractivity contribution >= 4 is 11.5 Å². The fourth-order valence-corrected chi connectivity index (χ4v) is 1.42. The van der Waals surface area contributed by atoms with Crippen molar-refractivity contribution in [2.75, 3.05) is 5.43 Å². The summed E-state index contributed by atoms with van der Waals surface area (Å²) in [6.07, 6.45) is 7.43. The van der Waals surface area contributed by atoms with E-state index in [4.69, 9.17) is 0 Å². The molecule has 15 heavy (non-hydrogen) atoms. The molecule has 0 aromatic carbocycles. The van der Waals surface area contributed by atoms with Crippen LogP contribution in [0.5, 0.6) is 0 Å². The van der Waals surface area contributed by atoms with E-state index >= 15 is 0 Å². The fraction of sp³-hybridized carbons (Fsp3) is 0. The molecule has 0 radical (unpaired) electrons. The molecule has 5 nitrogen and oxygen atoms in total. The third kappa shape index (κ3) is 1.43. The molecule has 0 aliphatic rings. The average Bonchev–Trinajstić information content (AvgIpc) is 2.87. The molecule has 0 fully saturated rings. The molecule has 0 bridgehead atoms. The molecule has 3 aromatic rings.